The molecule has 27 heavy (non-hydrogen) atoms. The van der Waals surface area contributed by atoms with Crippen LogP contribution < -0.4 is 10.2 Å². The van der Waals surface area contributed by atoms with Crippen LogP contribution in [0.25, 0.3) is 0 Å². The zero-order valence-electron chi connectivity index (χ0n) is 15.0. The minimum absolute atomic E-state index is 0.00322. The third-order valence-electron chi connectivity index (χ3n) is 5.71. The standard InChI is InChI=1S/C21H22ClN3O2/c22-15-5-3-7-17(13-15)25-12-10-21(20(25)27)9-4-6-16(14-21)24-19(26)18-8-1-2-11-23-18/h1-3,5,7-8,11,13,16H,4,6,9-10,12,14H2,(H,24,26)/t16-,21-/m1/s1. The van der Waals surface area contributed by atoms with E-state index >= 15 is 0 Å². The second-order valence-electron chi connectivity index (χ2n) is 7.45. The maximum Gasteiger partial charge on any atom is 0.270 e. The van der Waals surface area contributed by atoms with Crippen molar-refractivity contribution in [3.05, 3.63) is 59.4 Å². The summed E-state index contributed by atoms with van der Waals surface area (Å²) >= 11 is 6.10. The Morgan fingerprint density at radius 3 is 2.89 bits per heavy atom. The smallest absolute Gasteiger partial charge is 0.270 e. The van der Waals surface area contributed by atoms with Gasteiger partial charge in [0, 0.05) is 29.5 Å². The van der Waals surface area contributed by atoms with Crippen LogP contribution in [0.5, 0.6) is 0 Å². The van der Waals surface area contributed by atoms with E-state index in [1.165, 1.54) is 0 Å². The minimum Gasteiger partial charge on any atom is -0.348 e. The lowest BCUT2D eigenvalue weighted by molar-refractivity contribution is -0.127. The maximum atomic E-state index is 13.3. The predicted molar refractivity (Wildman–Crippen MR) is 105 cm³/mol. The third-order valence-corrected chi connectivity index (χ3v) is 5.95. The van der Waals surface area contributed by atoms with Crippen LogP contribution in [0.15, 0.2) is 48.7 Å². The lowest BCUT2D eigenvalue weighted by Gasteiger charge is -2.36. The van der Waals surface area contributed by atoms with Gasteiger partial charge in [-0.2, -0.15) is 0 Å². The Hall–Kier alpha value is -2.40. The predicted octanol–water partition coefficient (Wildman–Crippen LogP) is 3.83. The van der Waals surface area contributed by atoms with Gasteiger partial charge in [-0.3, -0.25) is 14.6 Å². The van der Waals surface area contributed by atoms with Crippen LogP contribution in [0, 0.1) is 5.41 Å². The quantitative estimate of drug-likeness (QED) is 0.876. The first-order valence-corrected chi connectivity index (χ1v) is 9.75. The Labute approximate surface area is 163 Å². The first-order chi connectivity index (χ1) is 13.1. The second kappa shape index (κ2) is 7.31. The number of halogens is 1. The molecule has 140 valence electrons. The fraction of sp³-hybridized carbons (Fsp3) is 0.381. The molecule has 1 aromatic heterocycles. The number of hydrogen-bond donors (Lipinski definition) is 1. The van der Waals surface area contributed by atoms with Crippen LogP contribution in [0.1, 0.15) is 42.6 Å². The molecule has 6 heteroatoms. The Morgan fingerprint density at radius 2 is 2.11 bits per heavy atom. The third kappa shape index (κ3) is 3.56. The van der Waals surface area contributed by atoms with Crippen molar-refractivity contribution < 1.29 is 9.59 Å². The number of amides is 2. The number of hydrogen-bond acceptors (Lipinski definition) is 3. The maximum absolute atomic E-state index is 13.3. The van der Waals surface area contributed by atoms with E-state index in [1.54, 1.807) is 24.4 Å². The van der Waals surface area contributed by atoms with Gasteiger partial charge in [0.1, 0.15) is 5.69 Å². The SMILES string of the molecule is O=C(N[C@@H]1CCC[C@@]2(CCN(c3cccc(Cl)c3)C2=O)C1)c1ccccn1. The molecule has 1 N–H and O–H groups in total. The molecule has 0 bridgehead atoms. The summed E-state index contributed by atoms with van der Waals surface area (Å²) in [5, 5.41) is 3.71. The summed E-state index contributed by atoms with van der Waals surface area (Å²) in [5.74, 6) is -0.0173. The van der Waals surface area contributed by atoms with Gasteiger partial charge in [-0.15, -0.1) is 0 Å². The summed E-state index contributed by atoms with van der Waals surface area (Å²) < 4.78 is 0. The van der Waals surface area contributed by atoms with Gasteiger partial charge in [0.05, 0.1) is 5.41 Å². The first kappa shape index (κ1) is 18.0. The van der Waals surface area contributed by atoms with E-state index in [1.807, 2.05) is 29.2 Å². The second-order valence-corrected chi connectivity index (χ2v) is 7.89. The normalized spacial score (nSPS) is 25.0. The van der Waals surface area contributed by atoms with Gasteiger partial charge in [0.2, 0.25) is 5.91 Å². The highest BCUT2D eigenvalue weighted by Crippen LogP contribution is 2.46. The van der Waals surface area contributed by atoms with Crippen molar-refractivity contribution in [2.45, 2.75) is 38.1 Å². The summed E-state index contributed by atoms with van der Waals surface area (Å²) in [4.78, 5) is 31.6. The van der Waals surface area contributed by atoms with Crippen LogP contribution in [0.2, 0.25) is 5.02 Å². The molecule has 1 aromatic carbocycles. The topological polar surface area (TPSA) is 62.3 Å². The Bertz CT molecular complexity index is 858. The van der Waals surface area contributed by atoms with Crippen LogP contribution in [-0.2, 0) is 4.79 Å². The Morgan fingerprint density at radius 1 is 1.22 bits per heavy atom. The fourth-order valence-electron chi connectivity index (χ4n) is 4.37. The summed E-state index contributed by atoms with van der Waals surface area (Å²) in [5.41, 5.74) is 0.877. The van der Waals surface area contributed by atoms with Crippen molar-refractivity contribution in [3.8, 4) is 0 Å². The molecular formula is C21H22ClN3O2. The number of aromatic nitrogens is 1. The summed E-state index contributed by atoms with van der Waals surface area (Å²) in [6, 6.07) is 12.7. The van der Waals surface area contributed by atoms with E-state index in [0.29, 0.717) is 23.7 Å². The highest BCUT2D eigenvalue weighted by Gasteiger charge is 2.49. The van der Waals surface area contributed by atoms with E-state index in [2.05, 4.69) is 10.3 Å². The zero-order valence-corrected chi connectivity index (χ0v) is 15.8. The molecule has 0 unspecified atom stereocenters. The summed E-state index contributed by atoms with van der Waals surface area (Å²) in [6.07, 6.45) is 5.81. The monoisotopic (exact) mass is 383 g/mol. The highest BCUT2D eigenvalue weighted by atomic mass is 35.5. The average molecular weight is 384 g/mol. The van der Waals surface area contributed by atoms with Crippen molar-refractivity contribution in [1.29, 1.82) is 0 Å². The molecule has 2 heterocycles. The molecule has 1 saturated carbocycles. The van der Waals surface area contributed by atoms with E-state index in [-0.39, 0.29) is 23.3 Å². The fourth-order valence-corrected chi connectivity index (χ4v) is 4.56. The number of carbonyl (C=O) groups is 2. The highest BCUT2D eigenvalue weighted by molar-refractivity contribution is 6.31. The Balaban J connectivity index is 1.47. The zero-order chi connectivity index (χ0) is 18.9. The number of nitrogens with zero attached hydrogens (tertiary/aromatic N) is 2. The van der Waals surface area contributed by atoms with Gasteiger partial charge >= 0.3 is 0 Å². The molecule has 2 amide bonds. The van der Waals surface area contributed by atoms with E-state index in [9.17, 15) is 9.59 Å². The molecule has 1 aliphatic heterocycles. The lowest BCUT2D eigenvalue weighted by Crippen LogP contribution is -2.46. The number of benzene rings is 1. The van der Waals surface area contributed by atoms with Gasteiger partial charge in [0.15, 0.2) is 0 Å². The molecule has 2 fully saturated rings. The van der Waals surface area contributed by atoms with Crippen LogP contribution >= 0.6 is 11.6 Å². The van der Waals surface area contributed by atoms with Crippen molar-refractivity contribution in [2.24, 2.45) is 5.41 Å². The van der Waals surface area contributed by atoms with Crippen molar-refractivity contribution in [3.63, 3.8) is 0 Å². The molecule has 5 nitrogen and oxygen atoms in total. The van der Waals surface area contributed by atoms with Crippen molar-refractivity contribution in [1.82, 2.24) is 10.3 Å². The molecule has 1 aliphatic carbocycles. The van der Waals surface area contributed by atoms with E-state index < -0.39 is 0 Å². The van der Waals surface area contributed by atoms with Gasteiger partial charge in [0.25, 0.3) is 5.91 Å². The molecule has 2 aromatic rings. The molecule has 1 saturated heterocycles. The van der Waals surface area contributed by atoms with Gasteiger partial charge < -0.3 is 10.2 Å². The lowest BCUT2D eigenvalue weighted by atomic mass is 9.71. The number of nitrogens with one attached hydrogen (secondary N) is 1. The minimum atomic E-state index is -0.386. The first-order valence-electron chi connectivity index (χ1n) is 9.37. The van der Waals surface area contributed by atoms with Crippen LogP contribution in [-0.4, -0.2) is 29.4 Å². The molecular weight excluding hydrogens is 362 g/mol. The molecule has 1 spiro atoms. The van der Waals surface area contributed by atoms with Crippen LogP contribution in [0.3, 0.4) is 0 Å². The van der Waals surface area contributed by atoms with Gasteiger partial charge in [-0.25, -0.2) is 0 Å². The summed E-state index contributed by atoms with van der Waals surface area (Å²) in [7, 11) is 0. The van der Waals surface area contributed by atoms with E-state index in [4.69, 9.17) is 11.6 Å². The molecule has 0 radical (unpaired) electrons. The van der Waals surface area contributed by atoms with Gasteiger partial charge in [-0.1, -0.05) is 30.2 Å². The summed E-state index contributed by atoms with van der Waals surface area (Å²) in [6.45, 7) is 0.695. The Kier molecular flexibility index (Phi) is 4.87. The molecule has 2 aliphatic rings. The molecule has 4 rings (SSSR count). The molecule has 2 atom stereocenters. The number of anilines is 1. The number of pyridine rings is 1. The number of carbonyl (C=O) groups excluding carboxylic acids is 2. The van der Waals surface area contributed by atoms with E-state index in [0.717, 1.165) is 31.4 Å². The van der Waals surface area contributed by atoms with Gasteiger partial charge in [-0.05, 0) is 56.0 Å². The number of rotatable bonds is 3. The van der Waals surface area contributed by atoms with Crippen LogP contribution in [0.4, 0.5) is 5.69 Å². The van der Waals surface area contributed by atoms with Crippen molar-refractivity contribution >= 4 is 29.1 Å². The average Bonchev–Trinajstić information content (AvgIpc) is 2.98. The largest absolute Gasteiger partial charge is 0.348 e. The van der Waals surface area contributed by atoms with Crippen molar-refractivity contribution in [2.75, 3.05) is 11.4 Å².